The maximum Gasteiger partial charge on any atom is 0.270 e. The van der Waals surface area contributed by atoms with Crippen LogP contribution in [0, 0.1) is 18.3 Å². The van der Waals surface area contributed by atoms with Crippen molar-refractivity contribution in [2.24, 2.45) is 0 Å². The summed E-state index contributed by atoms with van der Waals surface area (Å²) in [6.45, 7) is 2.33. The van der Waals surface area contributed by atoms with Gasteiger partial charge in [0.15, 0.2) is 5.11 Å². The Bertz CT molecular complexity index is 1650. The van der Waals surface area contributed by atoms with Crippen LogP contribution >= 0.6 is 23.8 Å². The topological polar surface area (TPSA) is 78.1 Å². The number of halogens is 1. The van der Waals surface area contributed by atoms with Gasteiger partial charge in [0.1, 0.15) is 5.57 Å². The molecule has 1 fully saturated rings. The molecule has 0 saturated carbocycles. The molecular weight excluding hydrogens is 492 g/mol. The van der Waals surface area contributed by atoms with Crippen LogP contribution in [0.5, 0.6) is 0 Å². The number of carbonyl (C=O) groups excluding carboxylic acids is 2. The Morgan fingerprint density at radius 3 is 2.61 bits per heavy atom. The van der Waals surface area contributed by atoms with Crippen LogP contribution in [-0.4, -0.2) is 21.5 Å². The minimum atomic E-state index is -0.564. The van der Waals surface area contributed by atoms with Crippen LogP contribution < -0.4 is 10.2 Å². The van der Waals surface area contributed by atoms with E-state index in [1.165, 1.54) is 4.90 Å². The van der Waals surface area contributed by atoms with E-state index in [0.29, 0.717) is 28.4 Å². The van der Waals surface area contributed by atoms with Crippen LogP contribution in [0.3, 0.4) is 0 Å². The first-order chi connectivity index (χ1) is 17.4. The molecule has 176 valence electrons. The van der Waals surface area contributed by atoms with Gasteiger partial charge in [-0.2, -0.15) is 5.26 Å². The summed E-state index contributed by atoms with van der Waals surface area (Å²) in [6, 6.07) is 22.5. The molecule has 0 spiro atoms. The molecule has 36 heavy (non-hydrogen) atoms. The fourth-order valence-corrected chi connectivity index (χ4v) is 4.70. The molecule has 1 aromatic heterocycles. The molecule has 2 amide bonds. The molecule has 5 rings (SSSR count). The number of rotatable bonds is 4. The summed E-state index contributed by atoms with van der Waals surface area (Å²) in [4.78, 5) is 27.6. The Balaban J connectivity index is 1.58. The summed E-state index contributed by atoms with van der Waals surface area (Å²) in [7, 11) is 0. The average Bonchev–Trinajstić information content (AvgIpc) is 3.21. The summed E-state index contributed by atoms with van der Waals surface area (Å²) in [6.07, 6.45) is 3.46. The second-order valence-electron chi connectivity index (χ2n) is 8.39. The van der Waals surface area contributed by atoms with Crippen molar-refractivity contribution in [3.05, 3.63) is 106 Å². The van der Waals surface area contributed by atoms with E-state index in [1.54, 1.807) is 30.3 Å². The van der Waals surface area contributed by atoms with Crippen LogP contribution in [0.4, 0.5) is 5.69 Å². The lowest BCUT2D eigenvalue weighted by Gasteiger charge is -2.29. The highest BCUT2D eigenvalue weighted by molar-refractivity contribution is 7.80. The third-order valence-electron chi connectivity index (χ3n) is 6.11. The predicted octanol–water partition coefficient (Wildman–Crippen LogP) is 5.35. The highest BCUT2D eigenvalue weighted by Gasteiger charge is 2.35. The van der Waals surface area contributed by atoms with Crippen LogP contribution in [0.15, 0.2) is 78.5 Å². The number of hydrogen-bond acceptors (Lipinski definition) is 4. The smallest absolute Gasteiger partial charge is 0.270 e. The second-order valence-corrected chi connectivity index (χ2v) is 9.18. The van der Waals surface area contributed by atoms with Crippen LogP contribution in [-0.2, 0) is 16.1 Å². The maximum absolute atomic E-state index is 13.5. The third kappa shape index (κ3) is 4.17. The van der Waals surface area contributed by atoms with Crippen LogP contribution in [0.1, 0.15) is 22.3 Å². The number of nitrogens with zero attached hydrogens (tertiary/aromatic N) is 3. The second kappa shape index (κ2) is 9.42. The number of nitriles is 1. The van der Waals surface area contributed by atoms with Gasteiger partial charge in [0.25, 0.3) is 11.8 Å². The monoisotopic (exact) mass is 510 g/mol. The van der Waals surface area contributed by atoms with E-state index in [4.69, 9.17) is 23.8 Å². The zero-order chi connectivity index (χ0) is 25.4. The molecule has 4 aromatic rings. The third-order valence-corrected chi connectivity index (χ3v) is 6.80. The van der Waals surface area contributed by atoms with Gasteiger partial charge >= 0.3 is 0 Å². The maximum atomic E-state index is 13.5. The van der Waals surface area contributed by atoms with Crippen LogP contribution in [0.2, 0.25) is 5.02 Å². The first-order valence-corrected chi connectivity index (χ1v) is 11.9. The number of para-hydroxylation sites is 1. The van der Waals surface area contributed by atoms with Gasteiger partial charge in [-0.25, -0.2) is 0 Å². The Morgan fingerprint density at radius 1 is 1.08 bits per heavy atom. The highest BCUT2D eigenvalue weighted by atomic mass is 35.5. The highest BCUT2D eigenvalue weighted by Crippen LogP contribution is 2.29. The van der Waals surface area contributed by atoms with Crippen molar-refractivity contribution in [1.29, 1.82) is 5.26 Å². The lowest BCUT2D eigenvalue weighted by molar-refractivity contribution is -0.122. The molecule has 1 saturated heterocycles. The Kier molecular flexibility index (Phi) is 6.15. The zero-order valence-electron chi connectivity index (χ0n) is 19.2. The molecule has 3 aromatic carbocycles. The Morgan fingerprint density at radius 2 is 1.83 bits per heavy atom. The number of benzene rings is 3. The molecule has 1 N–H and O–H groups in total. The standard InChI is InChI=1S/C28H19ClN4O2S/c1-17-10-11-21(13-24(17)29)33-27(35)23(26(34)31-28(33)36)12-20-16-32(25-9-5-4-8-22(20)25)15-19-7-3-2-6-18(19)14-30/h2-13,16H,15H2,1H3,(H,31,34,36)/b23-12+. The summed E-state index contributed by atoms with van der Waals surface area (Å²) >= 11 is 11.6. The zero-order valence-corrected chi connectivity index (χ0v) is 20.7. The number of carbonyl (C=O) groups is 2. The van der Waals surface area contributed by atoms with Gasteiger partial charge in [-0.05, 0) is 60.6 Å². The number of anilines is 1. The van der Waals surface area contributed by atoms with Crippen molar-refractivity contribution in [3.63, 3.8) is 0 Å². The minimum Gasteiger partial charge on any atom is -0.342 e. The molecule has 1 aliphatic heterocycles. The van der Waals surface area contributed by atoms with Gasteiger partial charge in [-0.3, -0.25) is 19.8 Å². The van der Waals surface area contributed by atoms with Crippen molar-refractivity contribution < 1.29 is 9.59 Å². The summed E-state index contributed by atoms with van der Waals surface area (Å²) in [5.41, 5.74) is 4.38. The summed E-state index contributed by atoms with van der Waals surface area (Å²) in [5, 5.41) is 13.5. The largest absolute Gasteiger partial charge is 0.342 e. The number of thiocarbonyl (C=S) groups is 1. The van der Waals surface area contributed by atoms with E-state index < -0.39 is 11.8 Å². The number of fused-ring (bicyclic) bond motifs is 1. The molecule has 0 radical (unpaired) electrons. The fraction of sp³-hybridized carbons (Fsp3) is 0.0714. The lowest BCUT2D eigenvalue weighted by Crippen LogP contribution is -2.54. The number of aryl methyl sites for hydroxylation is 1. The van der Waals surface area contributed by atoms with Gasteiger partial charge in [0, 0.05) is 34.2 Å². The Hall–Kier alpha value is -4.25. The molecule has 0 aliphatic carbocycles. The number of aromatic nitrogens is 1. The van der Waals surface area contributed by atoms with E-state index in [1.807, 2.05) is 60.2 Å². The van der Waals surface area contributed by atoms with Gasteiger partial charge in [0.2, 0.25) is 0 Å². The van der Waals surface area contributed by atoms with E-state index in [0.717, 1.165) is 22.0 Å². The van der Waals surface area contributed by atoms with Crippen molar-refractivity contribution in [1.82, 2.24) is 9.88 Å². The first kappa shape index (κ1) is 23.5. The normalized spacial score (nSPS) is 14.9. The molecule has 0 atom stereocenters. The molecular formula is C28H19ClN4O2S. The molecule has 6 nitrogen and oxygen atoms in total. The molecule has 0 bridgehead atoms. The van der Waals surface area contributed by atoms with E-state index >= 15 is 0 Å². The number of amides is 2. The summed E-state index contributed by atoms with van der Waals surface area (Å²) in [5.74, 6) is -1.10. The van der Waals surface area contributed by atoms with E-state index in [2.05, 4.69) is 11.4 Å². The van der Waals surface area contributed by atoms with E-state index in [-0.39, 0.29) is 10.7 Å². The van der Waals surface area contributed by atoms with Gasteiger partial charge in [0.05, 0.1) is 17.3 Å². The van der Waals surface area contributed by atoms with Gasteiger partial charge in [-0.15, -0.1) is 0 Å². The predicted molar refractivity (Wildman–Crippen MR) is 145 cm³/mol. The average molecular weight is 511 g/mol. The SMILES string of the molecule is Cc1ccc(N2C(=O)/C(=C/c3cn(Cc4ccccc4C#N)c4ccccc34)C(=O)NC2=S)cc1Cl. The number of hydrogen-bond donors (Lipinski definition) is 1. The molecule has 2 heterocycles. The summed E-state index contributed by atoms with van der Waals surface area (Å²) < 4.78 is 2.01. The van der Waals surface area contributed by atoms with Crippen LogP contribution in [0.25, 0.3) is 17.0 Å². The van der Waals surface area contributed by atoms with Crippen molar-refractivity contribution >= 4 is 63.4 Å². The quantitative estimate of drug-likeness (QED) is 0.228. The van der Waals surface area contributed by atoms with Gasteiger partial charge in [-0.1, -0.05) is 54.1 Å². The fourth-order valence-electron chi connectivity index (χ4n) is 4.24. The van der Waals surface area contributed by atoms with Crippen molar-refractivity contribution in [2.75, 3.05) is 4.90 Å². The lowest BCUT2D eigenvalue weighted by atomic mass is 10.1. The number of nitrogens with one attached hydrogen (secondary N) is 1. The van der Waals surface area contributed by atoms with Crippen molar-refractivity contribution in [2.45, 2.75) is 13.5 Å². The molecule has 1 aliphatic rings. The first-order valence-electron chi connectivity index (χ1n) is 11.1. The Labute approximate surface area is 218 Å². The van der Waals surface area contributed by atoms with E-state index in [9.17, 15) is 14.9 Å². The molecule has 0 unspecified atom stereocenters. The molecule has 8 heteroatoms. The van der Waals surface area contributed by atoms with Gasteiger partial charge < -0.3 is 4.57 Å². The minimum absolute atomic E-state index is 0.00221. The van der Waals surface area contributed by atoms with Crippen molar-refractivity contribution in [3.8, 4) is 6.07 Å².